The van der Waals surface area contributed by atoms with Crippen LogP contribution in [-0.2, 0) is 0 Å². The Morgan fingerprint density at radius 1 is 1.35 bits per heavy atom. The molecule has 0 spiro atoms. The normalized spacial score (nSPS) is 12.6. The summed E-state index contributed by atoms with van der Waals surface area (Å²) in [7, 11) is 5.68. The molecule has 20 heavy (non-hydrogen) atoms. The van der Waals surface area contributed by atoms with Gasteiger partial charge in [-0.05, 0) is 20.0 Å². The van der Waals surface area contributed by atoms with Crippen molar-refractivity contribution in [2.75, 3.05) is 38.3 Å². The number of likely N-dealkylation sites (N-methyl/N-ethyl adjacent to an activating group) is 1. The smallest absolute Gasteiger partial charge is 0.276 e. The number of nitrogens with zero attached hydrogens (tertiary/aromatic N) is 3. The van der Waals surface area contributed by atoms with Crippen molar-refractivity contribution in [3.05, 3.63) is 22.2 Å². The molecule has 0 saturated carbocycles. The maximum absolute atomic E-state index is 10.9. The van der Waals surface area contributed by atoms with Crippen molar-refractivity contribution in [1.82, 2.24) is 9.88 Å². The van der Waals surface area contributed by atoms with E-state index in [-0.39, 0.29) is 11.7 Å². The van der Waals surface area contributed by atoms with Crippen molar-refractivity contribution >= 4 is 17.3 Å². The second kappa shape index (κ2) is 7.04. The molecule has 0 aliphatic carbocycles. The largest absolute Gasteiger partial charge is 0.373 e. The summed E-state index contributed by atoms with van der Waals surface area (Å²) < 4.78 is 0. The van der Waals surface area contributed by atoms with Gasteiger partial charge in [0.05, 0.1) is 17.1 Å². The first-order valence-electron chi connectivity index (χ1n) is 6.59. The summed E-state index contributed by atoms with van der Waals surface area (Å²) in [6, 6.07) is 3.05. The highest BCUT2D eigenvalue weighted by molar-refractivity contribution is 5.54. The Bertz CT molecular complexity index is 462. The lowest BCUT2D eigenvalue weighted by atomic mass is 10.0. The molecule has 1 aromatic heterocycles. The first-order chi connectivity index (χ1) is 9.33. The quantitative estimate of drug-likeness (QED) is 0.587. The van der Waals surface area contributed by atoms with Gasteiger partial charge in [0.1, 0.15) is 11.6 Å². The number of anilines is 2. The minimum absolute atomic E-state index is 0.0270. The summed E-state index contributed by atoms with van der Waals surface area (Å²) in [6.45, 7) is 5.05. The molecule has 1 unspecified atom stereocenters. The highest BCUT2D eigenvalue weighted by atomic mass is 16.6. The number of hydrogen-bond acceptors (Lipinski definition) is 6. The zero-order valence-electron chi connectivity index (χ0n) is 12.7. The van der Waals surface area contributed by atoms with Crippen LogP contribution in [0.3, 0.4) is 0 Å². The number of nitrogens with one attached hydrogen (secondary N) is 2. The van der Waals surface area contributed by atoms with E-state index in [2.05, 4.69) is 34.4 Å². The van der Waals surface area contributed by atoms with Gasteiger partial charge in [0, 0.05) is 19.6 Å². The summed E-state index contributed by atoms with van der Waals surface area (Å²) >= 11 is 0. The predicted octanol–water partition coefficient (Wildman–Crippen LogP) is 2.03. The Morgan fingerprint density at radius 2 is 1.95 bits per heavy atom. The van der Waals surface area contributed by atoms with Gasteiger partial charge in [0.2, 0.25) is 0 Å². The predicted molar refractivity (Wildman–Crippen MR) is 81.2 cm³/mol. The molecule has 1 aromatic rings. The topological polar surface area (TPSA) is 83.3 Å². The molecular weight excluding hydrogens is 258 g/mol. The molecule has 0 saturated heterocycles. The zero-order valence-corrected chi connectivity index (χ0v) is 12.7. The lowest BCUT2D eigenvalue weighted by Crippen LogP contribution is -2.36. The lowest BCUT2D eigenvalue weighted by Gasteiger charge is -2.26. The van der Waals surface area contributed by atoms with E-state index >= 15 is 0 Å². The van der Waals surface area contributed by atoms with Crippen LogP contribution >= 0.6 is 0 Å². The van der Waals surface area contributed by atoms with E-state index in [4.69, 9.17) is 0 Å². The van der Waals surface area contributed by atoms with E-state index in [1.807, 2.05) is 14.1 Å². The van der Waals surface area contributed by atoms with Crippen LogP contribution in [-0.4, -0.2) is 48.5 Å². The maximum Gasteiger partial charge on any atom is 0.276 e. The molecule has 0 bridgehead atoms. The molecule has 0 aliphatic heterocycles. The van der Waals surface area contributed by atoms with Crippen molar-refractivity contribution in [1.29, 1.82) is 0 Å². The standard InChI is InChI=1S/C13H23N5O2/c1-9(2)11(8-17(4)5)15-13-7-10(18(19)20)6-12(14-3)16-13/h6-7,9,11H,8H2,1-5H3,(H2,14,15,16). The van der Waals surface area contributed by atoms with E-state index in [0.717, 1.165) is 6.54 Å². The number of hydrogen-bond donors (Lipinski definition) is 2. The molecule has 0 aliphatic rings. The Labute approximate surface area is 119 Å². The van der Waals surface area contributed by atoms with E-state index in [1.54, 1.807) is 7.05 Å². The highest BCUT2D eigenvalue weighted by Crippen LogP contribution is 2.22. The molecule has 7 nitrogen and oxygen atoms in total. The van der Waals surface area contributed by atoms with Crippen LogP contribution in [0.25, 0.3) is 0 Å². The molecule has 1 atom stereocenters. The number of nitro groups is 1. The van der Waals surface area contributed by atoms with Crippen LogP contribution < -0.4 is 10.6 Å². The third-order valence-electron chi connectivity index (χ3n) is 2.98. The van der Waals surface area contributed by atoms with E-state index in [9.17, 15) is 10.1 Å². The van der Waals surface area contributed by atoms with Gasteiger partial charge in [-0.15, -0.1) is 0 Å². The zero-order chi connectivity index (χ0) is 15.3. The number of pyridine rings is 1. The van der Waals surface area contributed by atoms with Gasteiger partial charge in [-0.3, -0.25) is 10.1 Å². The highest BCUT2D eigenvalue weighted by Gasteiger charge is 2.17. The number of rotatable bonds is 7. The second-order valence-electron chi connectivity index (χ2n) is 5.36. The van der Waals surface area contributed by atoms with Crippen LogP contribution in [0.15, 0.2) is 12.1 Å². The molecule has 0 aromatic carbocycles. The lowest BCUT2D eigenvalue weighted by molar-refractivity contribution is -0.384. The van der Waals surface area contributed by atoms with E-state index in [0.29, 0.717) is 17.6 Å². The molecule has 2 N–H and O–H groups in total. The van der Waals surface area contributed by atoms with Gasteiger partial charge in [0.15, 0.2) is 0 Å². The van der Waals surface area contributed by atoms with Crippen molar-refractivity contribution in [3.63, 3.8) is 0 Å². The first-order valence-corrected chi connectivity index (χ1v) is 6.59. The minimum atomic E-state index is -0.413. The fraction of sp³-hybridized carbons (Fsp3) is 0.615. The molecule has 112 valence electrons. The summed E-state index contributed by atoms with van der Waals surface area (Å²) in [5.74, 6) is 1.38. The third-order valence-corrected chi connectivity index (χ3v) is 2.98. The fourth-order valence-corrected chi connectivity index (χ4v) is 1.83. The maximum atomic E-state index is 10.9. The number of aromatic nitrogens is 1. The Balaban J connectivity index is 2.99. The molecular formula is C13H23N5O2. The van der Waals surface area contributed by atoms with Crippen LogP contribution in [0.4, 0.5) is 17.3 Å². The SMILES string of the molecule is CNc1cc([N+](=O)[O-])cc(NC(CN(C)C)C(C)C)n1. The van der Waals surface area contributed by atoms with E-state index in [1.165, 1.54) is 12.1 Å². The monoisotopic (exact) mass is 281 g/mol. The molecule has 7 heteroatoms. The first kappa shape index (κ1) is 16.2. The summed E-state index contributed by atoms with van der Waals surface area (Å²) in [6.07, 6.45) is 0. The minimum Gasteiger partial charge on any atom is -0.373 e. The van der Waals surface area contributed by atoms with Crippen molar-refractivity contribution < 1.29 is 4.92 Å². The second-order valence-corrected chi connectivity index (χ2v) is 5.36. The van der Waals surface area contributed by atoms with Crippen LogP contribution in [0, 0.1) is 16.0 Å². The van der Waals surface area contributed by atoms with Crippen molar-refractivity contribution in [2.45, 2.75) is 19.9 Å². The van der Waals surface area contributed by atoms with Gasteiger partial charge in [-0.1, -0.05) is 13.8 Å². The molecule has 0 fully saturated rings. The van der Waals surface area contributed by atoms with Gasteiger partial charge in [-0.25, -0.2) is 4.98 Å². The van der Waals surface area contributed by atoms with Crippen LogP contribution in [0.1, 0.15) is 13.8 Å². The molecule has 1 rings (SSSR count). The van der Waals surface area contributed by atoms with Gasteiger partial charge >= 0.3 is 0 Å². The van der Waals surface area contributed by atoms with Crippen molar-refractivity contribution in [3.8, 4) is 0 Å². The van der Waals surface area contributed by atoms with Gasteiger partial charge in [-0.2, -0.15) is 0 Å². The van der Waals surface area contributed by atoms with Gasteiger partial charge in [0.25, 0.3) is 5.69 Å². The summed E-state index contributed by atoms with van der Waals surface area (Å²) in [4.78, 5) is 16.9. The van der Waals surface area contributed by atoms with E-state index < -0.39 is 4.92 Å². The summed E-state index contributed by atoms with van der Waals surface area (Å²) in [5, 5.41) is 17.1. The molecule has 0 radical (unpaired) electrons. The third kappa shape index (κ3) is 4.65. The molecule has 0 amide bonds. The average Bonchev–Trinajstić information content (AvgIpc) is 2.36. The van der Waals surface area contributed by atoms with Crippen LogP contribution in [0.2, 0.25) is 0 Å². The average molecular weight is 281 g/mol. The Kier molecular flexibility index (Phi) is 5.69. The Morgan fingerprint density at radius 3 is 2.40 bits per heavy atom. The Hall–Kier alpha value is -1.89. The van der Waals surface area contributed by atoms with Crippen LogP contribution in [0.5, 0.6) is 0 Å². The van der Waals surface area contributed by atoms with Crippen molar-refractivity contribution in [2.24, 2.45) is 5.92 Å². The van der Waals surface area contributed by atoms with Gasteiger partial charge < -0.3 is 15.5 Å². The summed E-state index contributed by atoms with van der Waals surface area (Å²) in [5.41, 5.74) is 0.0270. The fourth-order valence-electron chi connectivity index (χ4n) is 1.83. The molecule has 1 heterocycles.